The highest BCUT2D eigenvalue weighted by atomic mass is 16.5. The van der Waals surface area contributed by atoms with Gasteiger partial charge in [0.2, 0.25) is 0 Å². The van der Waals surface area contributed by atoms with E-state index in [4.69, 9.17) is 9.93 Å². The van der Waals surface area contributed by atoms with E-state index in [9.17, 15) is 9.90 Å². The molecular weight excluding hydrogens is 394 g/mol. The highest BCUT2D eigenvalue weighted by Gasteiger charge is 2.44. The number of carbonyl (C=O) groups excluding carboxylic acids is 1. The van der Waals surface area contributed by atoms with Crippen molar-refractivity contribution in [2.75, 3.05) is 12.0 Å². The number of hydrogen-bond donors (Lipinski definition) is 3. The third kappa shape index (κ3) is 4.39. The van der Waals surface area contributed by atoms with Gasteiger partial charge in [0, 0.05) is 30.8 Å². The number of rotatable bonds is 7. The van der Waals surface area contributed by atoms with E-state index in [-0.39, 0.29) is 23.8 Å². The van der Waals surface area contributed by atoms with Gasteiger partial charge in [-0.2, -0.15) is 5.10 Å². The lowest BCUT2D eigenvalue weighted by Gasteiger charge is -2.37. The van der Waals surface area contributed by atoms with E-state index < -0.39 is 5.60 Å². The molecule has 0 radical (unpaired) electrons. The number of carbonyl (C=O) groups is 1. The number of anilines is 1. The Morgan fingerprint density at radius 1 is 1.35 bits per heavy atom. The first-order valence-corrected chi connectivity index (χ1v) is 10.8. The molecule has 1 amide bonds. The summed E-state index contributed by atoms with van der Waals surface area (Å²) >= 11 is 0. The molecule has 1 unspecified atom stereocenters. The van der Waals surface area contributed by atoms with Gasteiger partial charge in [0.1, 0.15) is 17.1 Å². The molecule has 8 nitrogen and oxygen atoms in total. The summed E-state index contributed by atoms with van der Waals surface area (Å²) in [5.74, 6) is 0.930. The van der Waals surface area contributed by atoms with E-state index >= 15 is 0 Å². The number of hydrazone groups is 1. The summed E-state index contributed by atoms with van der Waals surface area (Å²) in [6.07, 6.45) is 6.16. The second-order valence-corrected chi connectivity index (χ2v) is 8.72. The van der Waals surface area contributed by atoms with Crippen LogP contribution in [0.3, 0.4) is 0 Å². The van der Waals surface area contributed by atoms with Crippen molar-refractivity contribution < 1.29 is 14.4 Å². The number of aromatic nitrogens is 1. The molecule has 1 aromatic heterocycles. The Hall–Kier alpha value is -3.00. The van der Waals surface area contributed by atoms with Crippen LogP contribution in [-0.4, -0.2) is 46.1 Å². The summed E-state index contributed by atoms with van der Waals surface area (Å²) in [5, 5.41) is 25.9. The first-order valence-electron chi connectivity index (χ1n) is 10.8. The quantitative estimate of drug-likeness (QED) is 0.463. The number of amides is 1. The standard InChI is InChI=1S/C23H29N5O3/c1-15-7-8-16(20-13-21(27-31-20)23(2,30)17-9-10-17)14-28(15)22(29)18-5-3-4-6-19(18)26-25-12-11-24/h3-6,11-13,15-17,24,26,30H,7-10,14H2,1-2H3/b24-11?,25-12-/t15-,16-,23?/m1/s1. The molecule has 2 aromatic rings. The van der Waals surface area contributed by atoms with E-state index in [1.165, 1.54) is 6.21 Å². The van der Waals surface area contributed by atoms with Crippen LogP contribution in [0, 0.1) is 11.3 Å². The van der Waals surface area contributed by atoms with Crippen LogP contribution in [-0.2, 0) is 5.60 Å². The van der Waals surface area contributed by atoms with Crippen molar-refractivity contribution in [1.29, 1.82) is 5.41 Å². The molecule has 0 spiro atoms. The van der Waals surface area contributed by atoms with Gasteiger partial charge in [-0.05, 0) is 57.6 Å². The number of benzene rings is 1. The van der Waals surface area contributed by atoms with Crippen LogP contribution in [0.2, 0.25) is 0 Å². The number of aliphatic hydroxyl groups is 1. The third-order valence-electron chi connectivity index (χ3n) is 6.46. The van der Waals surface area contributed by atoms with Gasteiger partial charge in [-0.1, -0.05) is 17.3 Å². The van der Waals surface area contributed by atoms with Crippen LogP contribution in [0.4, 0.5) is 5.69 Å². The zero-order chi connectivity index (χ0) is 22.0. The minimum absolute atomic E-state index is 0.0347. The Kier molecular flexibility index (Phi) is 5.91. The summed E-state index contributed by atoms with van der Waals surface area (Å²) in [5.41, 5.74) is 3.60. The number of nitrogens with zero attached hydrogens (tertiary/aromatic N) is 3. The van der Waals surface area contributed by atoms with Crippen molar-refractivity contribution in [2.24, 2.45) is 11.0 Å². The topological polar surface area (TPSA) is 115 Å². The van der Waals surface area contributed by atoms with Crippen molar-refractivity contribution in [2.45, 2.75) is 57.1 Å². The summed E-state index contributed by atoms with van der Waals surface area (Å²) in [4.78, 5) is 15.3. The fourth-order valence-electron chi connectivity index (χ4n) is 4.26. The number of likely N-dealkylation sites (tertiary alicyclic amines) is 1. The Balaban J connectivity index is 1.52. The van der Waals surface area contributed by atoms with Crippen LogP contribution in [0.5, 0.6) is 0 Å². The van der Waals surface area contributed by atoms with Gasteiger partial charge < -0.3 is 19.9 Å². The average Bonchev–Trinajstić information content (AvgIpc) is 3.52. The highest BCUT2D eigenvalue weighted by Crippen LogP contribution is 2.45. The van der Waals surface area contributed by atoms with Gasteiger partial charge in [-0.15, -0.1) is 0 Å². The lowest BCUT2D eigenvalue weighted by molar-refractivity contribution is 0.0255. The number of para-hydroxylation sites is 1. The molecule has 1 saturated carbocycles. The van der Waals surface area contributed by atoms with E-state index in [0.29, 0.717) is 23.5 Å². The summed E-state index contributed by atoms with van der Waals surface area (Å²) < 4.78 is 5.63. The minimum Gasteiger partial charge on any atom is -0.383 e. The maximum atomic E-state index is 13.4. The first kappa shape index (κ1) is 21.2. The Bertz CT molecular complexity index is 979. The summed E-state index contributed by atoms with van der Waals surface area (Å²) in [6.45, 7) is 4.38. The van der Waals surface area contributed by atoms with Crippen molar-refractivity contribution in [3.8, 4) is 0 Å². The smallest absolute Gasteiger partial charge is 0.256 e. The third-order valence-corrected chi connectivity index (χ3v) is 6.46. The van der Waals surface area contributed by atoms with Crippen LogP contribution in [0.25, 0.3) is 0 Å². The number of hydrogen-bond acceptors (Lipinski definition) is 7. The van der Waals surface area contributed by atoms with Gasteiger partial charge in [-0.3, -0.25) is 10.2 Å². The largest absolute Gasteiger partial charge is 0.383 e. The lowest BCUT2D eigenvalue weighted by atomic mass is 9.89. The zero-order valence-corrected chi connectivity index (χ0v) is 17.9. The summed E-state index contributed by atoms with van der Waals surface area (Å²) in [6, 6.07) is 9.20. The fraction of sp³-hybridized carbons (Fsp3) is 0.478. The molecule has 31 heavy (non-hydrogen) atoms. The molecule has 3 atom stereocenters. The van der Waals surface area contributed by atoms with Crippen LogP contribution in [0.1, 0.15) is 67.3 Å². The van der Waals surface area contributed by atoms with Crippen molar-refractivity contribution in [1.82, 2.24) is 10.1 Å². The van der Waals surface area contributed by atoms with Gasteiger partial charge >= 0.3 is 0 Å². The molecule has 1 aromatic carbocycles. The fourth-order valence-corrected chi connectivity index (χ4v) is 4.26. The molecule has 8 heteroatoms. The van der Waals surface area contributed by atoms with Gasteiger partial charge in [0.05, 0.1) is 17.5 Å². The average molecular weight is 424 g/mol. The maximum absolute atomic E-state index is 13.4. The molecule has 1 aliphatic heterocycles. The van der Waals surface area contributed by atoms with Crippen LogP contribution >= 0.6 is 0 Å². The van der Waals surface area contributed by atoms with Gasteiger partial charge in [0.15, 0.2) is 0 Å². The predicted molar refractivity (Wildman–Crippen MR) is 119 cm³/mol. The van der Waals surface area contributed by atoms with E-state index in [1.807, 2.05) is 23.1 Å². The molecule has 0 bridgehead atoms. The Morgan fingerprint density at radius 2 is 2.13 bits per heavy atom. The molecule has 4 rings (SSSR count). The first-order chi connectivity index (χ1) is 14.9. The minimum atomic E-state index is -0.958. The maximum Gasteiger partial charge on any atom is 0.256 e. The van der Waals surface area contributed by atoms with Crippen LogP contribution in [0.15, 0.2) is 40.0 Å². The SMILES string of the molecule is C[C@@H]1CC[C@@H](c2cc(C(C)(O)C3CC3)no2)CN1C(=O)c1ccccc1N/N=C\C=N. The molecule has 164 valence electrons. The molecule has 2 aliphatic rings. The van der Waals surface area contributed by atoms with Gasteiger partial charge in [0.25, 0.3) is 5.91 Å². The summed E-state index contributed by atoms with van der Waals surface area (Å²) in [7, 11) is 0. The van der Waals surface area contributed by atoms with Crippen molar-refractivity contribution in [3.63, 3.8) is 0 Å². The molecule has 2 heterocycles. The predicted octanol–water partition coefficient (Wildman–Crippen LogP) is 3.75. The zero-order valence-electron chi connectivity index (χ0n) is 17.9. The number of piperidine rings is 1. The highest BCUT2D eigenvalue weighted by molar-refractivity contribution is 6.14. The molecule has 1 saturated heterocycles. The monoisotopic (exact) mass is 423 g/mol. The van der Waals surface area contributed by atoms with Crippen molar-refractivity contribution in [3.05, 3.63) is 47.3 Å². The molecule has 1 aliphatic carbocycles. The molecule has 3 N–H and O–H groups in total. The van der Waals surface area contributed by atoms with E-state index in [1.54, 1.807) is 19.1 Å². The second kappa shape index (κ2) is 8.63. The van der Waals surface area contributed by atoms with E-state index in [0.717, 1.165) is 37.7 Å². The Labute approximate surface area is 181 Å². The van der Waals surface area contributed by atoms with Crippen LogP contribution < -0.4 is 5.43 Å². The van der Waals surface area contributed by atoms with E-state index in [2.05, 4.69) is 22.6 Å². The molecular formula is C23H29N5O3. The Morgan fingerprint density at radius 3 is 2.87 bits per heavy atom. The lowest BCUT2D eigenvalue weighted by Crippen LogP contribution is -2.45. The normalized spacial score (nSPS) is 23.5. The second-order valence-electron chi connectivity index (χ2n) is 8.72. The molecule has 2 fully saturated rings. The van der Waals surface area contributed by atoms with Crippen molar-refractivity contribution >= 4 is 24.0 Å². The van der Waals surface area contributed by atoms with Gasteiger partial charge in [-0.25, -0.2) is 0 Å². The number of nitrogens with one attached hydrogen (secondary N) is 2.